The molecule has 2 aromatic heterocycles. The molecule has 0 radical (unpaired) electrons. The van der Waals surface area contributed by atoms with Gasteiger partial charge >= 0.3 is 5.69 Å². The van der Waals surface area contributed by atoms with Crippen molar-refractivity contribution in [2.24, 2.45) is 5.73 Å². The van der Waals surface area contributed by atoms with Gasteiger partial charge in [0.25, 0.3) is 5.56 Å². The Bertz CT molecular complexity index is 1410. The van der Waals surface area contributed by atoms with E-state index in [1.54, 1.807) is 34.9 Å². The van der Waals surface area contributed by atoms with Crippen LogP contribution in [-0.2, 0) is 24.4 Å². The summed E-state index contributed by atoms with van der Waals surface area (Å²) in [5.41, 5.74) is 5.65. The zero-order valence-electron chi connectivity index (χ0n) is 19.9. The highest BCUT2D eigenvalue weighted by Gasteiger charge is 2.26. The maximum Gasteiger partial charge on any atom is 0.333 e. The number of piperazine rings is 1. The summed E-state index contributed by atoms with van der Waals surface area (Å²) in [6.07, 6.45) is 1.95. The summed E-state index contributed by atoms with van der Waals surface area (Å²) in [7, 11) is 0. The van der Waals surface area contributed by atoms with E-state index in [0.717, 1.165) is 27.8 Å². The van der Waals surface area contributed by atoms with Gasteiger partial charge in [0.15, 0.2) is 16.9 Å². The summed E-state index contributed by atoms with van der Waals surface area (Å²) in [5, 5.41) is 3.28. The molecule has 3 heterocycles. The Labute approximate surface area is 201 Å². The van der Waals surface area contributed by atoms with E-state index in [9.17, 15) is 19.2 Å². The van der Waals surface area contributed by atoms with Gasteiger partial charge < -0.3 is 20.5 Å². The van der Waals surface area contributed by atoms with Crippen molar-refractivity contribution in [1.29, 1.82) is 0 Å². The molecule has 1 amide bonds. The van der Waals surface area contributed by atoms with Crippen LogP contribution in [0.4, 0.5) is 5.95 Å². The van der Waals surface area contributed by atoms with Crippen LogP contribution in [0.25, 0.3) is 11.2 Å². The molecule has 3 aromatic rings. The topological polar surface area (TPSA) is 137 Å². The van der Waals surface area contributed by atoms with E-state index in [1.807, 2.05) is 24.8 Å². The zero-order chi connectivity index (χ0) is 25.1. The number of amides is 1. The first-order valence-corrected chi connectivity index (χ1v) is 11.5. The SMILES string of the molecule is CC(C)=CCn1c(N2CCNCC2)nc2c1c(=O)n(CC(=O)c1ccccc1)c(=O)n2CC(N)=O. The van der Waals surface area contributed by atoms with E-state index >= 15 is 0 Å². The lowest BCUT2D eigenvalue weighted by Crippen LogP contribution is -2.44. The molecular weight excluding hydrogens is 450 g/mol. The molecule has 0 bridgehead atoms. The monoisotopic (exact) mass is 479 g/mol. The second-order valence-corrected chi connectivity index (χ2v) is 8.73. The molecule has 1 aliphatic rings. The van der Waals surface area contributed by atoms with Crippen LogP contribution in [0.1, 0.15) is 24.2 Å². The molecule has 1 aromatic carbocycles. The molecule has 1 aliphatic heterocycles. The summed E-state index contributed by atoms with van der Waals surface area (Å²) in [4.78, 5) is 58.5. The molecule has 184 valence electrons. The van der Waals surface area contributed by atoms with Crippen molar-refractivity contribution in [2.75, 3.05) is 31.1 Å². The third kappa shape index (κ3) is 4.94. The number of rotatable bonds is 8. The molecule has 11 heteroatoms. The summed E-state index contributed by atoms with van der Waals surface area (Å²) in [6.45, 7) is 6.13. The number of ketones is 1. The number of aromatic nitrogens is 4. The van der Waals surface area contributed by atoms with E-state index in [2.05, 4.69) is 10.3 Å². The molecule has 35 heavy (non-hydrogen) atoms. The fourth-order valence-electron chi connectivity index (χ4n) is 4.13. The van der Waals surface area contributed by atoms with Gasteiger partial charge in [-0.3, -0.25) is 23.5 Å². The summed E-state index contributed by atoms with van der Waals surface area (Å²) in [5.74, 6) is -0.621. The van der Waals surface area contributed by atoms with Crippen molar-refractivity contribution < 1.29 is 9.59 Å². The van der Waals surface area contributed by atoms with Gasteiger partial charge in [-0.15, -0.1) is 0 Å². The van der Waals surface area contributed by atoms with Crippen LogP contribution in [0, 0.1) is 0 Å². The largest absolute Gasteiger partial charge is 0.368 e. The molecule has 3 N–H and O–H groups in total. The minimum atomic E-state index is -0.802. The number of nitrogens with zero attached hydrogens (tertiary/aromatic N) is 5. The molecule has 11 nitrogen and oxygen atoms in total. The number of hydrogen-bond acceptors (Lipinski definition) is 7. The van der Waals surface area contributed by atoms with Gasteiger partial charge in [0.2, 0.25) is 11.9 Å². The summed E-state index contributed by atoms with van der Waals surface area (Å²) >= 11 is 0. The van der Waals surface area contributed by atoms with Gasteiger partial charge in [-0.05, 0) is 13.8 Å². The average molecular weight is 480 g/mol. The number of anilines is 1. The maximum atomic E-state index is 13.7. The van der Waals surface area contributed by atoms with Gasteiger partial charge in [-0.25, -0.2) is 4.79 Å². The van der Waals surface area contributed by atoms with Crippen molar-refractivity contribution in [1.82, 2.24) is 24.0 Å². The average Bonchev–Trinajstić information content (AvgIpc) is 3.23. The van der Waals surface area contributed by atoms with Gasteiger partial charge in [0.05, 0.1) is 6.54 Å². The first-order chi connectivity index (χ1) is 16.8. The Hall–Kier alpha value is -3.99. The van der Waals surface area contributed by atoms with Crippen molar-refractivity contribution >= 4 is 28.8 Å². The van der Waals surface area contributed by atoms with Gasteiger partial charge in [-0.1, -0.05) is 42.0 Å². The van der Waals surface area contributed by atoms with Crippen molar-refractivity contribution in [3.8, 4) is 0 Å². The maximum absolute atomic E-state index is 13.7. The molecule has 0 atom stereocenters. The van der Waals surface area contributed by atoms with Crippen LogP contribution < -0.4 is 27.2 Å². The van der Waals surface area contributed by atoms with Crippen molar-refractivity contribution in [3.05, 3.63) is 68.4 Å². The van der Waals surface area contributed by atoms with Crippen LogP contribution in [0.3, 0.4) is 0 Å². The van der Waals surface area contributed by atoms with E-state index < -0.39 is 36.0 Å². The lowest BCUT2D eigenvalue weighted by molar-refractivity contribution is -0.118. The Morgan fingerprint density at radius 2 is 1.71 bits per heavy atom. The molecule has 1 saturated heterocycles. The predicted octanol–water partition coefficient (Wildman–Crippen LogP) is 0.104. The molecule has 0 unspecified atom stereocenters. The normalized spacial score (nSPS) is 13.7. The minimum Gasteiger partial charge on any atom is -0.368 e. The van der Waals surface area contributed by atoms with Gasteiger partial charge in [0, 0.05) is 38.3 Å². The highest BCUT2D eigenvalue weighted by molar-refractivity contribution is 5.96. The van der Waals surface area contributed by atoms with Crippen LogP contribution in [0.5, 0.6) is 0 Å². The number of nitrogens with two attached hydrogens (primary N) is 1. The first kappa shape index (κ1) is 24.1. The lowest BCUT2D eigenvalue weighted by Gasteiger charge is -2.28. The van der Waals surface area contributed by atoms with Crippen molar-refractivity contribution in [3.63, 3.8) is 0 Å². The second-order valence-electron chi connectivity index (χ2n) is 8.73. The second kappa shape index (κ2) is 10.1. The van der Waals surface area contributed by atoms with E-state index in [4.69, 9.17) is 5.73 Å². The fraction of sp³-hybridized carbons (Fsp3) is 0.375. The molecule has 0 saturated carbocycles. The van der Waals surface area contributed by atoms with Crippen molar-refractivity contribution in [2.45, 2.75) is 33.5 Å². The Morgan fingerprint density at radius 1 is 1.03 bits per heavy atom. The Morgan fingerprint density at radius 3 is 2.34 bits per heavy atom. The number of hydrogen-bond donors (Lipinski definition) is 2. The van der Waals surface area contributed by atoms with Crippen LogP contribution in [0.2, 0.25) is 0 Å². The number of carbonyl (C=O) groups is 2. The van der Waals surface area contributed by atoms with Gasteiger partial charge in [0.1, 0.15) is 6.54 Å². The number of fused-ring (bicyclic) bond motifs is 1. The molecule has 1 fully saturated rings. The zero-order valence-corrected chi connectivity index (χ0v) is 19.9. The number of nitrogens with one attached hydrogen (secondary N) is 1. The molecular formula is C24H29N7O4. The number of primary amides is 1. The third-order valence-electron chi connectivity index (χ3n) is 5.89. The number of benzene rings is 1. The Kier molecular flexibility index (Phi) is 6.97. The summed E-state index contributed by atoms with van der Waals surface area (Å²) in [6, 6.07) is 8.43. The number of imidazole rings is 1. The lowest BCUT2D eigenvalue weighted by atomic mass is 10.1. The highest BCUT2D eigenvalue weighted by Crippen LogP contribution is 2.21. The summed E-state index contributed by atoms with van der Waals surface area (Å²) < 4.78 is 3.70. The van der Waals surface area contributed by atoms with Crippen LogP contribution in [0.15, 0.2) is 51.6 Å². The fourth-order valence-corrected chi connectivity index (χ4v) is 4.13. The third-order valence-corrected chi connectivity index (χ3v) is 5.89. The van der Waals surface area contributed by atoms with E-state index in [1.165, 1.54) is 0 Å². The number of carbonyl (C=O) groups excluding carboxylic acids is 2. The van der Waals surface area contributed by atoms with E-state index in [0.29, 0.717) is 31.1 Å². The molecule has 0 aliphatic carbocycles. The molecule has 0 spiro atoms. The molecule has 4 rings (SSSR count). The highest BCUT2D eigenvalue weighted by atomic mass is 16.2. The van der Waals surface area contributed by atoms with E-state index in [-0.39, 0.29) is 11.2 Å². The quantitative estimate of drug-likeness (QED) is 0.345. The predicted molar refractivity (Wildman–Crippen MR) is 133 cm³/mol. The number of allylic oxidation sites excluding steroid dienone is 2. The Balaban J connectivity index is 1.96. The van der Waals surface area contributed by atoms with Crippen LogP contribution >= 0.6 is 0 Å². The number of Topliss-reactive ketones (excluding diaryl/α,β-unsaturated/α-hetero) is 1. The standard InChI is InChI=1S/C24H29N7O4/c1-16(2)8-11-29-20-21(27-23(29)28-12-9-26-10-13-28)30(15-19(25)33)24(35)31(22(20)34)14-18(32)17-6-4-3-5-7-17/h3-8,26H,9-15H2,1-2H3,(H2,25,33). The minimum absolute atomic E-state index is 0.0814. The smallest absolute Gasteiger partial charge is 0.333 e. The van der Waals surface area contributed by atoms with Gasteiger partial charge in [-0.2, -0.15) is 4.98 Å². The van der Waals surface area contributed by atoms with Crippen LogP contribution in [-0.4, -0.2) is 56.6 Å². The first-order valence-electron chi connectivity index (χ1n) is 11.5.